The van der Waals surface area contributed by atoms with Crippen LogP contribution in [0.5, 0.6) is 0 Å². The standard InChI is InChI=1S/C13H8ClFN2O/c14-8-4-2-6-10-12(8)18-13(17-10)7-3-1-5-9(15)11(7)16/h1-6H,16H2. The number of anilines is 1. The number of para-hydroxylation sites is 2. The van der Waals surface area contributed by atoms with Gasteiger partial charge in [0.1, 0.15) is 11.3 Å². The molecule has 0 aliphatic heterocycles. The molecule has 18 heavy (non-hydrogen) atoms. The van der Waals surface area contributed by atoms with Gasteiger partial charge in [-0.25, -0.2) is 9.37 Å². The Morgan fingerprint density at radius 2 is 1.94 bits per heavy atom. The largest absolute Gasteiger partial charge is 0.434 e. The van der Waals surface area contributed by atoms with E-state index in [0.717, 1.165) is 0 Å². The minimum absolute atomic E-state index is 0.0141. The maximum absolute atomic E-state index is 13.4. The minimum atomic E-state index is -0.499. The smallest absolute Gasteiger partial charge is 0.229 e. The van der Waals surface area contributed by atoms with Gasteiger partial charge in [-0.1, -0.05) is 23.7 Å². The van der Waals surface area contributed by atoms with Gasteiger partial charge in [-0.15, -0.1) is 0 Å². The van der Waals surface area contributed by atoms with E-state index in [2.05, 4.69) is 4.98 Å². The van der Waals surface area contributed by atoms with Gasteiger partial charge in [0, 0.05) is 0 Å². The van der Waals surface area contributed by atoms with Gasteiger partial charge in [-0.2, -0.15) is 0 Å². The Morgan fingerprint density at radius 3 is 2.72 bits per heavy atom. The Balaban J connectivity index is 2.26. The normalized spacial score (nSPS) is 11.0. The Labute approximate surface area is 107 Å². The fourth-order valence-corrected chi connectivity index (χ4v) is 1.96. The fraction of sp³-hybridized carbons (Fsp3) is 0. The van der Waals surface area contributed by atoms with Gasteiger partial charge in [0.05, 0.1) is 16.3 Å². The van der Waals surface area contributed by atoms with Crippen molar-refractivity contribution in [1.82, 2.24) is 4.98 Å². The van der Waals surface area contributed by atoms with Crippen molar-refractivity contribution < 1.29 is 8.81 Å². The van der Waals surface area contributed by atoms with Gasteiger partial charge in [0.15, 0.2) is 5.58 Å². The number of aromatic nitrogens is 1. The van der Waals surface area contributed by atoms with E-state index >= 15 is 0 Å². The summed E-state index contributed by atoms with van der Waals surface area (Å²) in [4.78, 5) is 4.25. The van der Waals surface area contributed by atoms with E-state index < -0.39 is 5.82 Å². The lowest BCUT2D eigenvalue weighted by atomic mass is 10.2. The van der Waals surface area contributed by atoms with Crippen molar-refractivity contribution in [2.45, 2.75) is 0 Å². The molecule has 0 atom stereocenters. The van der Waals surface area contributed by atoms with Crippen molar-refractivity contribution in [2.24, 2.45) is 0 Å². The van der Waals surface area contributed by atoms with E-state index in [9.17, 15) is 4.39 Å². The molecular formula is C13H8ClFN2O. The number of nitrogens with zero attached hydrogens (tertiary/aromatic N) is 1. The Morgan fingerprint density at radius 1 is 1.17 bits per heavy atom. The number of benzene rings is 2. The van der Waals surface area contributed by atoms with Crippen LogP contribution in [0, 0.1) is 5.82 Å². The number of nitrogen functional groups attached to an aromatic ring is 1. The number of hydrogen-bond acceptors (Lipinski definition) is 3. The second kappa shape index (κ2) is 3.99. The molecule has 0 aliphatic rings. The third kappa shape index (κ3) is 1.62. The van der Waals surface area contributed by atoms with E-state index in [1.54, 1.807) is 30.3 Å². The van der Waals surface area contributed by atoms with Crippen molar-refractivity contribution in [3.63, 3.8) is 0 Å². The molecule has 0 spiro atoms. The molecule has 0 amide bonds. The molecule has 1 heterocycles. The van der Waals surface area contributed by atoms with Gasteiger partial charge < -0.3 is 10.2 Å². The number of nitrogens with two attached hydrogens (primary N) is 1. The lowest BCUT2D eigenvalue weighted by Crippen LogP contribution is -1.93. The zero-order valence-corrected chi connectivity index (χ0v) is 9.91. The molecule has 0 saturated heterocycles. The SMILES string of the molecule is Nc1c(F)cccc1-c1nc2cccc(Cl)c2o1. The summed E-state index contributed by atoms with van der Waals surface area (Å²) in [6.07, 6.45) is 0. The predicted octanol–water partition coefficient (Wildman–Crippen LogP) is 3.87. The van der Waals surface area contributed by atoms with Crippen LogP contribution >= 0.6 is 11.6 Å². The molecule has 2 aromatic carbocycles. The lowest BCUT2D eigenvalue weighted by Gasteiger charge is -2.01. The molecule has 3 nitrogen and oxygen atoms in total. The van der Waals surface area contributed by atoms with Gasteiger partial charge in [0.2, 0.25) is 5.89 Å². The Bertz CT molecular complexity index is 739. The molecule has 5 heteroatoms. The fourth-order valence-electron chi connectivity index (χ4n) is 1.75. The first-order valence-corrected chi connectivity index (χ1v) is 5.64. The van der Waals surface area contributed by atoms with Crippen molar-refractivity contribution in [2.75, 3.05) is 5.73 Å². The maximum atomic E-state index is 13.4. The molecule has 2 N–H and O–H groups in total. The Hall–Kier alpha value is -2.07. The van der Waals surface area contributed by atoms with Gasteiger partial charge in [-0.3, -0.25) is 0 Å². The summed E-state index contributed by atoms with van der Waals surface area (Å²) >= 11 is 5.99. The highest BCUT2D eigenvalue weighted by molar-refractivity contribution is 6.34. The average Bonchev–Trinajstić information content (AvgIpc) is 2.78. The number of hydrogen-bond donors (Lipinski definition) is 1. The zero-order chi connectivity index (χ0) is 12.7. The van der Waals surface area contributed by atoms with E-state index in [-0.39, 0.29) is 11.6 Å². The first-order valence-electron chi connectivity index (χ1n) is 5.26. The van der Waals surface area contributed by atoms with Crippen LogP contribution < -0.4 is 5.73 Å². The Kier molecular flexibility index (Phi) is 2.45. The molecule has 0 aliphatic carbocycles. The van der Waals surface area contributed by atoms with Crippen molar-refractivity contribution in [3.05, 3.63) is 47.2 Å². The molecule has 3 rings (SSSR count). The summed E-state index contributed by atoms with van der Waals surface area (Å²) in [5.74, 6) is -0.240. The van der Waals surface area contributed by atoms with E-state index in [4.69, 9.17) is 21.8 Å². The lowest BCUT2D eigenvalue weighted by molar-refractivity contribution is 0.614. The molecule has 0 unspecified atom stereocenters. The second-order valence-corrected chi connectivity index (χ2v) is 4.22. The van der Waals surface area contributed by atoms with Crippen LogP contribution in [0.2, 0.25) is 5.02 Å². The summed E-state index contributed by atoms with van der Waals surface area (Å²) in [7, 11) is 0. The van der Waals surface area contributed by atoms with Gasteiger partial charge in [0.25, 0.3) is 0 Å². The zero-order valence-electron chi connectivity index (χ0n) is 9.15. The van der Waals surface area contributed by atoms with Crippen LogP contribution in [-0.2, 0) is 0 Å². The molecule has 0 radical (unpaired) electrons. The number of fused-ring (bicyclic) bond motifs is 1. The molecule has 0 saturated carbocycles. The van der Waals surface area contributed by atoms with E-state index in [0.29, 0.717) is 21.7 Å². The first-order chi connectivity index (χ1) is 8.66. The van der Waals surface area contributed by atoms with E-state index in [1.165, 1.54) is 6.07 Å². The predicted molar refractivity (Wildman–Crippen MR) is 68.8 cm³/mol. The third-order valence-corrected chi connectivity index (χ3v) is 2.95. The highest BCUT2D eigenvalue weighted by atomic mass is 35.5. The molecule has 3 aromatic rings. The van der Waals surface area contributed by atoms with Crippen molar-refractivity contribution in [1.29, 1.82) is 0 Å². The summed E-state index contributed by atoms with van der Waals surface area (Å²) < 4.78 is 18.9. The summed E-state index contributed by atoms with van der Waals surface area (Å²) in [6, 6.07) is 9.73. The van der Waals surface area contributed by atoms with Crippen molar-refractivity contribution in [3.8, 4) is 11.5 Å². The average molecular weight is 263 g/mol. The molecule has 1 aromatic heterocycles. The highest BCUT2D eigenvalue weighted by Crippen LogP contribution is 2.32. The second-order valence-electron chi connectivity index (χ2n) is 3.81. The molecular weight excluding hydrogens is 255 g/mol. The van der Waals surface area contributed by atoms with E-state index in [1.807, 2.05) is 0 Å². The van der Waals surface area contributed by atoms with Crippen LogP contribution in [0.4, 0.5) is 10.1 Å². The van der Waals surface area contributed by atoms with Crippen molar-refractivity contribution >= 4 is 28.4 Å². The minimum Gasteiger partial charge on any atom is -0.434 e. The number of halogens is 2. The molecule has 0 fully saturated rings. The molecule has 90 valence electrons. The number of rotatable bonds is 1. The topological polar surface area (TPSA) is 52.0 Å². The van der Waals surface area contributed by atoms with Crippen LogP contribution in [0.1, 0.15) is 0 Å². The third-order valence-electron chi connectivity index (χ3n) is 2.65. The van der Waals surface area contributed by atoms with Crippen LogP contribution in [0.3, 0.4) is 0 Å². The monoisotopic (exact) mass is 262 g/mol. The van der Waals surface area contributed by atoms with Gasteiger partial charge in [-0.05, 0) is 24.3 Å². The summed E-state index contributed by atoms with van der Waals surface area (Å²) in [5.41, 5.74) is 7.18. The van der Waals surface area contributed by atoms with Gasteiger partial charge >= 0.3 is 0 Å². The maximum Gasteiger partial charge on any atom is 0.229 e. The first kappa shape index (κ1) is 11.0. The number of oxazole rings is 1. The highest BCUT2D eigenvalue weighted by Gasteiger charge is 2.14. The van der Waals surface area contributed by atoms with Crippen LogP contribution in [-0.4, -0.2) is 4.98 Å². The summed E-state index contributed by atoms with van der Waals surface area (Å²) in [6.45, 7) is 0. The van der Waals surface area contributed by atoms with Crippen LogP contribution in [0.25, 0.3) is 22.6 Å². The van der Waals surface area contributed by atoms with Crippen LogP contribution in [0.15, 0.2) is 40.8 Å². The quantitative estimate of drug-likeness (QED) is 0.677. The summed E-state index contributed by atoms with van der Waals surface area (Å²) in [5, 5.41) is 0.459. The molecule has 0 bridgehead atoms.